The molecule has 5 nitrogen and oxygen atoms in total. The standard InChI is InChI=1S/C19H20FN3O2S/c1-23(10-12-6-7-16(25-2)15(20)8-12)11-18(24)22-19-14(9-21)13-4-3-5-17(13)26-19/h6-8H,3-5,10-11H2,1-2H3,(H,22,24)/p+1. The van der Waals surface area contributed by atoms with Gasteiger partial charge in [-0.2, -0.15) is 5.26 Å². The summed E-state index contributed by atoms with van der Waals surface area (Å²) in [5.41, 5.74) is 2.51. The molecule has 0 saturated carbocycles. The van der Waals surface area contributed by atoms with Crippen LogP contribution in [-0.4, -0.2) is 26.6 Å². The Hall–Kier alpha value is -2.43. The molecule has 26 heavy (non-hydrogen) atoms. The molecule has 1 aliphatic carbocycles. The molecule has 0 aliphatic heterocycles. The van der Waals surface area contributed by atoms with Crippen LogP contribution in [0.4, 0.5) is 9.39 Å². The number of nitrogens with zero attached hydrogens (tertiary/aromatic N) is 1. The number of anilines is 1. The molecule has 1 aliphatic rings. The number of ether oxygens (including phenoxy) is 1. The number of nitriles is 1. The highest BCUT2D eigenvalue weighted by molar-refractivity contribution is 7.16. The molecular weight excluding hydrogens is 353 g/mol. The lowest BCUT2D eigenvalue weighted by Crippen LogP contribution is -3.08. The number of likely N-dealkylation sites (N-methyl/N-ethyl adjacent to an activating group) is 1. The maximum atomic E-state index is 13.8. The van der Waals surface area contributed by atoms with E-state index < -0.39 is 5.82 Å². The average Bonchev–Trinajstić information content (AvgIpc) is 3.15. The van der Waals surface area contributed by atoms with Crippen LogP contribution in [0.15, 0.2) is 18.2 Å². The first-order chi connectivity index (χ1) is 12.5. The summed E-state index contributed by atoms with van der Waals surface area (Å²) in [5, 5.41) is 12.9. The van der Waals surface area contributed by atoms with Crippen LogP contribution < -0.4 is 15.0 Å². The molecule has 0 bridgehead atoms. The van der Waals surface area contributed by atoms with Gasteiger partial charge in [0.1, 0.15) is 17.6 Å². The largest absolute Gasteiger partial charge is 0.494 e. The Balaban J connectivity index is 1.60. The number of halogens is 1. The van der Waals surface area contributed by atoms with E-state index >= 15 is 0 Å². The van der Waals surface area contributed by atoms with Gasteiger partial charge in [-0.3, -0.25) is 4.79 Å². The van der Waals surface area contributed by atoms with Crippen LogP contribution in [0.2, 0.25) is 0 Å². The molecule has 1 amide bonds. The molecule has 1 unspecified atom stereocenters. The van der Waals surface area contributed by atoms with Gasteiger partial charge in [-0.15, -0.1) is 11.3 Å². The number of rotatable bonds is 6. The Labute approximate surface area is 156 Å². The fourth-order valence-electron chi connectivity index (χ4n) is 3.29. The van der Waals surface area contributed by atoms with Gasteiger partial charge >= 0.3 is 0 Å². The number of methoxy groups -OCH3 is 1. The van der Waals surface area contributed by atoms with E-state index in [9.17, 15) is 14.4 Å². The molecule has 136 valence electrons. The summed E-state index contributed by atoms with van der Waals surface area (Å²) >= 11 is 1.51. The number of amides is 1. The lowest BCUT2D eigenvalue weighted by Gasteiger charge is -2.14. The number of carbonyl (C=O) groups is 1. The van der Waals surface area contributed by atoms with Crippen molar-refractivity contribution in [2.45, 2.75) is 25.8 Å². The fourth-order valence-corrected chi connectivity index (χ4v) is 4.54. The SMILES string of the molecule is COc1ccc(C[NH+](C)CC(=O)Nc2sc3c(c2C#N)CCC3)cc1F. The van der Waals surface area contributed by atoms with Gasteiger partial charge in [0.15, 0.2) is 18.1 Å². The van der Waals surface area contributed by atoms with E-state index in [2.05, 4.69) is 11.4 Å². The Morgan fingerprint density at radius 1 is 1.46 bits per heavy atom. The molecule has 1 heterocycles. The second kappa shape index (κ2) is 7.85. The maximum Gasteiger partial charge on any atom is 0.280 e. The van der Waals surface area contributed by atoms with Crippen molar-refractivity contribution in [1.29, 1.82) is 5.26 Å². The number of hydrogen-bond donors (Lipinski definition) is 2. The minimum Gasteiger partial charge on any atom is -0.494 e. The molecular formula is C19H21FN3O2S+. The summed E-state index contributed by atoms with van der Waals surface area (Å²) in [6.07, 6.45) is 2.98. The Morgan fingerprint density at radius 2 is 2.27 bits per heavy atom. The van der Waals surface area contributed by atoms with Crippen LogP contribution in [-0.2, 0) is 24.2 Å². The van der Waals surface area contributed by atoms with Crippen molar-refractivity contribution in [3.8, 4) is 11.8 Å². The number of carbonyl (C=O) groups excluding carboxylic acids is 1. The van der Waals surface area contributed by atoms with Crippen molar-refractivity contribution in [2.24, 2.45) is 0 Å². The summed E-state index contributed by atoms with van der Waals surface area (Å²) < 4.78 is 18.7. The summed E-state index contributed by atoms with van der Waals surface area (Å²) in [7, 11) is 3.30. The molecule has 1 aromatic heterocycles. The molecule has 0 saturated heterocycles. The van der Waals surface area contributed by atoms with Gasteiger partial charge in [0.2, 0.25) is 0 Å². The van der Waals surface area contributed by atoms with Gasteiger partial charge in [0.05, 0.1) is 19.7 Å². The van der Waals surface area contributed by atoms with Crippen LogP contribution in [0.25, 0.3) is 0 Å². The lowest BCUT2D eigenvalue weighted by atomic mass is 10.1. The molecule has 0 spiro atoms. The zero-order valence-electron chi connectivity index (χ0n) is 14.8. The van der Waals surface area contributed by atoms with Crippen LogP contribution in [0, 0.1) is 17.1 Å². The quantitative estimate of drug-likeness (QED) is 0.812. The molecule has 2 N–H and O–H groups in total. The summed E-state index contributed by atoms with van der Waals surface area (Å²) in [6.45, 7) is 0.751. The zero-order valence-corrected chi connectivity index (χ0v) is 15.6. The third kappa shape index (κ3) is 3.87. The topological polar surface area (TPSA) is 66.6 Å². The Morgan fingerprint density at radius 3 is 2.96 bits per heavy atom. The van der Waals surface area contributed by atoms with E-state index in [1.165, 1.54) is 29.4 Å². The van der Waals surface area contributed by atoms with E-state index in [1.54, 1.807) is 12.1 Å². The van der Waals surface area contributed by atoms with Crippen molar-refractivity contribution in [1.82, 2.24) is 0 Å². The zero-order chi connectivity index (χ0) is 18.7. The predicted molar refractivity (Wildman–Crippen MR) is 98.1 cm³/mol. The van der Waals surface area contributed by atoms with Crippen molar-refractivity contribution >= 4 is 22.2 Å². The van der Waals surface area contributed by atoms with Crippen molar-refractivity contribution in [3.63, 3.8) is 0 Å². The molecule has 0 fully saturated rings. The minimum atomic E-state index is -0.408. The number of benzene rings is 1. The highest BCUT2D eigenvalue weighted by Gasteiger charge is 2.23. The lowest BCUT2D eigenvalue weighted by molar-refractivity contribution is -0.885. The van der Waals surface area contributed by atoms with Crippen molar-refractivity contribution in [2.75, 3.05) is 26.0 Å². The first-order valence-corrected chi connectivity index (χ1v) is 9.31. The van der Waals surface area contributed by atoms with E-state index in [4.69, 9.17) is 4.74 Å². The second-order valence-corrected chi connectivity index (χ2v) is 7.61. The molecule has 1 aromatic carbocycles. The molecule has 0 radical (unpaired) electrons. The van der Waals surface area contributed by atoms with Crippen molar-refractivity contribution in [3.05, 3.63) is 45.6 Å². The monoisotopic (exact) mass is 374 g/mol. The summed E-state index contributed by atoms with van der Waals surface area (Å²) in [4.78, 5) is 14.5. The number of fused-ring (bicyclic) bond motifs is 1. The first-order valence-electron chi connectivity index (χ1n) is 8.50. The van der Waals surface area contributed by atoms with Crippen LogP contribution >= 0.6 is 11.3 Å². The van der Waals surface area contributed by atoms with Gasteiger partial charge in [-0.05, 0) is 43.0 Å². The number of aryl methyl sites for hydroxylation is 1. The first kappa shape index (κ1) is 18.4. The van der Waals surface area contributed by atoms with Gasteiger partial charge in [-0.25, -0.2) is 4.39 Å². The number of thiophene rings is 1. The minimum absolute atomic E-state index is 0.145. The normalized spacial score (nSPS) is 13.8. The van der Waals surface area contributed by atoms with Gasteiger partial charge in [0.25, 0.3) is 5.91 Å². The highest BCUT2D eigenvalue weighted by Crippen LogP contribution is 2.38. The smallest absolute Gasteiger partial charge is 0.280 e. The van der Waals surface area contributed by atoms with Crippen molar-refractivity contribution < 1.29 is 18.8 Å². The third-order valence-electron chi connectivity index (χ3n) is 4.47. The van der Waals surface area contributed by atoms with Crippen LogP contribution in [0.1, 0.15) is 28.0 Å². The van der Waals surface area contributed by atoms with E-state index in [-0.39, 0.29) is 18.2 Å². The number of hydrogen-bond acceptors (Lipinski definition) is 4. The van der Waals surface area contributed by atoms with Gasteiger partial charge < -0.3 is 15.0 Å². The fraction of sp³-hybridized carbons (Fsp3) is 0.368. The summed E-state index contributed by atoms with van der Waals surface area (Å²) in [5.74, 6) is -0.346. The van der Waals surface area contributed by atoms with E-state index in [1.807, 2.05) is 7.05 Å². The van der Waals surface area contributed by atoms with Crippen LogP contribution in [0.5, 0.6) is 5.75 Å². The highest BCUT2D eigenvalue weighted by atomic mass is 32.1. The number of quaternary nitrogens is 1. The van der Waals surface area contributed by atoms with Gasteiger partial charge in [0, 0.05) is 10.4 Å². The summed E-state index contributed by atoms with van der Waals surface area (Å²) in [6, 6.07) is 7.04. The predicted octanol–water partition coefficient (Wildman–Crippen LogP) is 1.91. The second-order valence-electron chi connectivity index (χ2n) is 6.50. The maximum absolute atomic E-state index is 13.8. The van der Waals surface area contributed by atoms with E-state index in [0.717, 1.165) is 35.3 Å². The average molecular weight is 374 g/mol. The molecule has 7 heteroatoms. The molecule has 3 rings (SSSR count). The van der Waals surface area contributed by atoms with Gasteiger partial charge in [-0.1, -0.05) is 0 Å². The van der Waals surface area contributed by atoms with Crippen LogP contribution in [0.3, 0.4) is 0 Å². The van der Waals surface area contributed by atoms with E-state index in [0.29, 0.717) is 17.1 Å². The third-order valence-corrected chi connectivity index (χ3v) is 5.68. The molecule has 1 atom stereocenters. The molecule has 2 aromatic rings. The Bertz CT molecular complexity index is 872. The Kier molecular flexibility index (Phi) is 5.55. The number of nitrogens with one attached hydrogen (secondary N) is 2.